The molecule has 0 saturated carbocycles. The number of carbonyl (C=O) groups is 2. The fraction of sp³-hybridized carbons (Fsp3) is 0.312. The van der Waals surface area contributed by atoms with E-state index in [4.69, 9.17) is 11.6 Å². The minimum absolute atomic E-state index is 0.0536. The van der Waals surface area contributed by atoms with E-state index < -0.39 is 0 Å². The highest BCUT2D eigenvalue weighted by Crippen LogP contribution is 2.21. The number of rotatable bonds is 5. The summed E-state index contributed by atoms with van der Waals surface area (Å²) in [5, 5.41) is 9.96. The Morgan fingerprint density at radius 2 is 1.91 bits per heavy atom. The van der Waals surface area contributed by atoms with Gasteiger partial charge in [-0.1, -0.05) is 24.6 Å². The zero-order chi connectivity index (χ0) is 17.0. The van der Waals surface area contributed by atoms with Crippen molar-refractivity contribution in [1.82, 2.24) is 9.78 Å². The standard InChI is InChI=1S/C16H19ClN4O2/c1-4-6-13(22)18-11-7-5-8-12(9-11)19-16(23)14-10(2)20-21(3)15(14)17/h5,7-9H,4,6H2,1-3H3,(H,18,22)(H,19,23). The molecule has 6 nitrogen and oxygen atoms in total. The molecule has 2 N–H and O–H groups in total. The van der Waals surface area contributed by atoms with Crippen molar-refractivity contribution in [2.75, 3.05) is 10.6 Å². The molecule has 2 rings (SSSR count). The predicted octanol–water partition coefficient (Wildman–Crippen LogP) is 3.37. The number of amides is 2. The third-order valence-corrected chi connectivity index (χ3v) is 3.69. The molecule has 0 bridgehead atoms. The third kappa shape index (κ3) is 4.10. The fourth-order valence-electron chi connectivity index (χ4n) is 2.21. The molecule has 23 heavy (non-hydrogen) atoms. The predicted molar refractivity (Wildman–Crippen MR) is 90.9 cm³/mol. The first-order chi connectivity index (χ1) is 10.9. The highest BCUT2D eigenvalue weighted by molar-refractivity contribution is 6.33. The Hall–Kier alpha value is -2.34. The third-order valence-electron chi connectivity index (χ3n) is 3.26. The van der Waals surface area contributed by atoms with E-state index in [0.717, 1.165) is 6.42 Å². The quantitative estimate of drug-likeness (QED) is 0.880. The van der Waals surface area contributed by atoms with Crippen LogP contribution in [-0.2, 0) is 11.8 Å². The largest absolute Gasteiger partial charge is 0.326 e. The maximum atomic E-state index is 12.4. The van der Waals surface area contributed by atoms with Gasteiger partial charge in [-0.2, -0.15) is 5.10 Å². The maximum Gasteiger partial charge on any atom is 0.260 e. The fourth-order valence-corrected chi connectivity index (χ4v) is 2.47. The molecule has 0 unspecified atom stereocenters. The highest BCUT2D eigenvalue weighted by atomic mass is 35.5. The van der Waals surface area contributed by atoms with Gasteiger partial charge in [-0.05, 0) is 31.5 Å². The molecule has 7 heteroatoms. The molecule has 1 heterocycles. The van der Waals surface area contributed by atoms with Gasteiger partial charge in [0.25, 0.3) is 5.91 Å². The first-order valence-electron chi connectivity index (χ1n) is 7.32. The molecular weight excluding hydrogens is 316 g/mol. The average molecular weight is 335 g/mol. The zero-order valence-electron chi connectivity index (χ0n) is 13.3. The number of halogens is 1. The van der Waals surface area contributed by atoms with Gasteiger partial charge >= 0.3 is 0 Å². The van der Waals surface area contributed by atoms with Crippen LogP contribution in [0.1, 0.15) is 35.8 Å². The highest BCUT2D eigenvalue weighted by Gasteiger charge is 2.19. The lowest BCUT2D eigenvalue weighted by atomic mass is 10.2. The second-order valence-electron chi connectivity index (χ2n) is 5.21. The van der Waals surface area contributed by atoms with Gasteiger partial charge < -0.3 is 10.6 Å². The van der Waals surface area contributed by atoms with Crippen LogP contribution in [0, 0.1) is 6.92 Å². The van der Waals surface area contributed by atoms with Crippen LogP contribution in [-0.4, -0.2) is 21.6 Å². The molecule has 122 valence electrons. The van der Waals surface area contributed by atoms with Gasteiger partial charge in [0.05, 0.1) is 11.3 Å². The minimum Gasteiger partial charge on any atom is -0.326 e. The lowest BCUT2D eigenvalue weighted by molar-refractivity contribution is -0.116. The van der Waals surface area contributed by atoms with E-state index in [0.29, 0.717) is 29.1 Å². The van der Waals surface area contributed by atoms with Gasteiger partial charge in [0.1, 0.15) is 5.15 Å². The molecule has 0 aliphatic heterocycles. The van der Waals surface area contributed by atoms with Crippen LogP contribution in [0.5, 0.6) is 0 Å². The van der Waals surface area contributed by atoms with Crippen molar-refractivity contribution in [1.29, 1.82) is 0 Å². The summed E-state index contributed by atoms with van der Waals surface area (Å²) in [4.78, 5) is 24.0. The van der Waals surface area contributed by atoms with E-state index >= 15 is 0 Å². The Labute approximate surface area is 139 Å². The molecule has 0 saturated heterocycles. The number of carbonyl (C=O) groups excluding carboxylic acids is 2. The summed E-state index contributed by atoms with van der Waals surface area (Å²) in [5.74, 6) is -0.389. The first-order valence-corrected chi connectivity index (χ1v) is 7.70. The number of aryl methyl sites for hydroxylation is 2. The van der Waals surface area contributed by atoms with E-state index in [2.05, 4.69) is 15.7 Å². The molecule has 2 amide bonds. The van der Waals surface area contributed by atoms with Crippen LogP contribution in [0.2, 0.25) is 5.15 Å². The van der Waals surface area contributed by atoms with Crippen LogP contribution in [0.25, 0.3) is 0 Å². The normalized spacial score (nSPS) is 10.4. The summed E-state index contributed by atoms with van der Waals surface area (Å²) >= 11 is 6.09. The van der Waals surface area contributed by atoms with E-state index in [-0.39, 0.29) is 17.0 Å². The minimum atomic E-state index is -0.336. The van der Waals surface area contributed by atoms with Crippen LogP contribution >= 0.6 is 11.6 Å². The Balaban J connectivity index is 2.14. The van der Waals surface area contributed by atoms with Crippen molar-refractivity contribution in [2.45, 2.75) is 26.7 Å². The molecule has 0 radical (unpaired) electrons. The number of hydrogen-bond acceptors (Lipinski definition) is 3. The van der Waals surface area contributed by atoms with Gasteiger partial charge in [-0.25, -0.2) is 0 Å². The molecule has 1 aromatic carbocycles. The SMILES string of the molecule is CCCC(=O)Nc1cccc(NC(=O)c2c(C)nn(C)c2Cl)c1. The summed E-state index contributed by atoms with van der Waals surface area (Å²) < 4.78 is 1.45. The Bertz CT molecular complexity index is 740. The first kappa shape index (κ1) is 17.0. The monoisotopic (exact) mass is 334 g/mol. The second-order valence-corrected chi connectivity index (χ2v) is 5.57. The van der Waals surface area contributed by atoms with E-state index in [1.165, 1.54) is 4.68 Å². The molecule has 0 atom stereocenters. The molecular formula is C16H19ClN4O2. The smallest absolute Gasteiger partial charge is 0.260 e. The molecule has 0 spiro atoms. The van der Waals surface area contributed by atoms with Crippen LogP contribution in [0.4, 0.5) is 11.4 Å². The maximum absolute atomic E-state index is 12.4. The van der Waals surface area contributed by atoms with Crippen molar-refractivity contribution < 1.29 is 9.59 Å². The Morgan fingerprint density at radius 1 is 1.26 bits per heavy atom. The summed E-state index contributed by atoms with van der Waals surface area (Å²) in [6.07, 6.45) is 1.24. The average Bonchev–Trinajstić information content (AvgIpc) is 2.72. The van der Waals surface area contributed by atoms with Gasteiger partial charge in [0.2, 0.25) is 5.91 Å². The van der Waals surface area contributed by atoms with Crippen molar-refractivity contribution in [3.05, 3.63) is 40.7 Å². The number of hydrogen-bond donors (Lipinski definition) is 2. The van der Waals surface area contributed by atoms with Crippen molar-refractivity contribution in [3.63, 3.8) is 0 Å². The van der Waals surface area contributed by atoms with E-state index in [9.17, 15) is 9.59 Å². The molecule has 0 fully saturated rings. The van der Waals surface area contributed by atoms with E-state index in [1.54, 1.807) is 38.2 Å². The van der Waals surface area contributed by atoms with Crippen LogP contribution in [0.3, 0.4) is 0 Å². The van der Waals surface area contributed by atoms with Gasteiger partial charge in [-0.3, -0.25) is 14.3 Å². The van der Waals surface area contributed by atoms with Crippen LogP contribution < -0.4 is 10.6 Å². The van der Waals surface area contributed by atoms with Crippen molar-refractivity contribution >= 4 is 34.8 Å². The topological polar surface area (TPSA) is 76.0 Å². The van der Waals surface area contributed by atoms with E-state index in [1.807, 2.05) is 6.92 Å². The lowest BCUT2D eigenvalue weighted by Crippen LogP contribution is -2.14. The summed E-state index contributed by atoms with van der Waals surface area (Å²) in [6, 6.07) is 6.97. The van der Waals surface area contributed by atoms with Crippen molar-refractivity contribution in [2.24, 2.45) is 7.05 Å². The van der Waals surface area contributed by atoms with Crippen LogP contribution in [0.15, 0.2) is 24.3 Å². The number of benzene rings is 1. The van der Waals surface area contributed by atoms with Gasteiger partial charge in [-0.15, -0.1) is 0 Å². The lowest BCUT2D eigenvalue weighted by Gasteiger charge is -2.08. The summed E-state index contributed by atoms with van der Waals surface area (Å²) in [5.41, 5.74) is 2.11. The zero-order valence-corrected chi connectivity index (χ0v) is 14.1. The molecule has 0 aliphatic rings. The number of aromatic nitrogens is 2. The molecule has 2 aromatic rings. The molecule has 0 aliphatic carbocycles. The Kier molecular flexibility index (Phi) is 5.39. The molecule has 1 aromatic heterocycles. The summed E-state index contributed by atoms with van der Waals surface area (Å²) in [7, 11) is 1.68. The van der Waals surface area contributed by atoms with Gasteiger partial charge in [0, 0.05) is 24.8 Å². The van der Waals surface area contributed by atoms with Gasteiger partial charge in [0.15, 0.2) is 0 Å². The number of anilines is 2. The summed E-state index contributed by atoms with van der Waals surface area (Å²) in [6.45, 7) is 3.67. The second kappa shape index (κ2) is 7.28. The van der Waals surface area contributed by atoms with Crippen molar-refractivity contribution in [3.8, 4) is 0 Å². The number of nitrogens with one attached hydrogen (secondary N) is 2. The number of nitrogens with zero attached hydrogens (tertiary/aromatic N) is 2. The Morgan fingerprint density at radius 3 is 2.48 bits per heavy atom.